The van der Waals surface area contributed by atoms with E-state index in [-0.39, 0.29) is 0 Å². The zero-order valence-corrected chi connectivity index (χ0v) is 16.9. The topological polar surface area (TPSA) is 30.3 Å². The molecule has 0 spiro atoms. The molecule has 0 aliphatic carbocycles. The lowest BCUT2D eigenvalue weighted by Crippen LogP contribution is -2.39. The van der Waals surface area contributed by atoms with Gasteiger partial charge in [0.2, 0.25) is 0 Å². The summed E-state index contributed by atoms with van der Waals surface area (Å²) in [5, 5.41) is 10.4. The van der Waals surface area contributed by atoms with Crippen molar-refractivity contribution in [1.82, 2.24) is 4.90 Å². The molecule has 1 aromatic carbocycles. The van der Waals surface area contributed by atoms with Crippen molar-refractivity contribution in [3.8, 4) is 0 Å². The molecule has 5 heteroatoms. The number of rotatable bonds is 6. The lowest BCUT2D eigenvalue weighted by atomic mass is 10.1. The summed E-state index contributed by atoms with van der Waals surface area (Å²) in [5.74, 6) is 1.17. The maximum absolute atomic E-state index is 8.33. The van der Waals surface area contributed by atoms with E-state index in [0.717, 1.165) is 30.1 Å². The first kappa shape index (κ1) is 18.1. The first-order valence-corrected chi connectivity index (χ1v) is 11.5. The van der Waals surface area contributed by atoms with Crippen LogP contribution in [0.25, 0.3) is 0 Å². The highest BCUT2D eigenvalue weighted by Crippen LogP contribution is 2.35. The van der Waals surface area contributed by atoms with Gasteiger partial charge in [0.25, 0.3) is 0 Å². The molecule has 1 aromatic heterocycles. The largest absolute Gasteiger partial charge is 0.369 e. The summed E-state index contributed by atoms with van der Waals surface area (Å²) in [7, 11) is 0. The number of fused-ring (bicyclic) bond motifs is 1. The van der Waals surface area contributed by atoms with Gasteiger partial charge in [0, 0.05) is 41.6 Å². The lowest BCUT2D eigenvalue weighted by Gasteiger charge is -2.34. The number of nitrogens with one attached hydrogen (secondary N) is 1. The minimum Gasteiger partial charge on any atom is -0.369 e. The Bertz CT molecular complexity index is 736. The Kier molecular flexibility index (Phi) is 5.98. The number of hydrogen-bond donors (Lipinski definition) is 1. The van der Waals surface area contributed by atoms with E-state index in [0.29, 0.717) is 0 Å². The molecule has 0 amide bonds. The molecular formula is C21H27N3S2. The summed E-state index contributed by atoms with van der Waals surface area (Å²) in [4.78, 5) is 7.67. The molecule has 3 heterocycles. The summed E-state index contributed by atoms with van der Waals surface area (Å²) in [6, 6.07) is 10.9. The van der Waals surface area contributed by atoms with Crippen LogP contribution in [0.15, 0.2) is 40.6 Å². The van der Waals surface area contributed by atoms with E-state index in [4.69, 9.17) is 5.41 Å². The third-order valence-corrected chi connectivity index (χ3v) is 7.27. The number of hydrogen-bond acceptors (Lipinski definition) is 5. The van der Waals surface area contributed by atoms with Crippen LogP contribution in [0.2, 0.25) is 0 Å². The molecule has 2 aliphatic rings. The van der Waals surface area contributed by atoms with E-state index in [2.05, 4.69) is 28.0 Å². The second-order valence-corrected chi connectivity index (χ2v) is 9.26. The minimum atomic E-state index is 0.724. The maximum Gasteiger partial charge on any atom is 0.0529 e. The van der Waals surface area contributed by atoms with Gasteiger partial charge in [0.15, 0.2) is 0 Å². The molecule has 3 nitrogen and oxygen atoms in total. The van der Waals surface area contributed by atoms with Gasteiger partial charge < -0.3 is 15.2 Å². The predicted molar refractivity (Wildman–Crippen MR) is 115 cm³/mol. The van der Waals surface area contributed by atoms with E-state index >= 15 is 0 Å². The van der Waals surface area contributed by atoms with Gasteiger partial charge in [-0.05, 0) is 55.1 Å². The van der Waals surface area contributed by atoms with Crippen LogP contribution in [0.1, 0.15) is 29.7 Å². The van der Waals surface area contributed by atoms with E-state index in [1.54, 1.807) is 11.3 Å². The Morgan fingerprint density at radius 2 is 1.92 bits per heavy atom. The Labute approximate surface area is 164 Å². The molecular weight excluding hydrogens is 358 g/mol. The number of thioether (sulfide) groups is 1. The van der Waals surface area contributed by atoms with Crippen LogP contribution in [-0.4, -0.2) is 49.1 Å². The van der Waals surface area contributed by atoms with Crippen molar-refractivity contribution in [2.75, 3.05) is 43.4 Å². The average Bonchev–Trinajstić information content (AvgIpc) is 3.22. The fourth-order valence-electron chi connectivity index (χ4n) is 3.85. The van der Waals surface area contributed by atoms with Gasteiger partial charge in [-0.2, -0.15) is 0 Å². The van der Waals surface area contributed by atoms with Crippen LogP contribution in [-0.2, 0) is 6.42 Å². The van der Waals surface area contributed by atoms with E-state index in [9.17, 15) is 0 Å². The Balaban J connectivity index is 1.41. The van der Waals surface area contributed by atoms with Crippen LogP contribution in [0.5, 0.6) is 0 Å². The highest BCUT2D eigenvalue weighted by atomic mass is 32.2. The average molecular weight is 386 g/mol. The Hall–Kier alpha value is -1.30. The first-order chi connectivity index (χ1) is 12.8. The molecule has 4 rings (SSSR count). The van der Waals surface area contributed by atoms with E-state index in [1.165, 1.54) is 60.8 Å². The third kappa shape index (κ3) is 4.33. The zero-order valence-electron chi connectivity index (χ0n) is 15.2. The molecule has 2 aliphatic heterocycles. The van der Waals surface area contributed by atoms with Crippen molar-refractivity contribution in [3.05, 3.63) is 46.2 Å². The number of benzene rings is 1. The second-order valence-electron chi connectivity index (χ2n) is 7.17. The molecule has 0 radical (unpaired) electrons. The maximum atomic E-state index is 8.33. The summed E-state index contributed by atoms with van der Waals surface area (Å²) < 4.78 is 0. The molecule has 0 atom stereocenters. The molecule has 26 heavy (non-hydrogen) atoms. The predicted octanol–water partition coefficient (Wildman–Crippen LogP) is 4.76. The molecule has 0 bridgehead atoms. The quantitative estimate of drug-likeness (QED) is 0.728. The molecule has 138 valence electrons. The summed E-state index contributed by atoms with van der Waals surface area (Å²) in [5.41, 5.74) is 3.37. The van der Waals surface area contributed by atoms with Gasteiger partial charge in [0.1, 0.15) is 0 Å². The zero-order chi connectivity index (χ0) is 17.8. The lowest BCUT2D eigenvalue weighted by molar-refractivity contribution is 0.233. The monoisotopic (exact) mass is 385 g/mol. The SMILES string of the molecule is N=C(Cc1ccc2c(c1)SCCN2CCN1CCCCC1)c1cccs1. The van der Waals surface area contributed by atoms with Crippen molar-refractivity contribution in [3.63, 3.8) is 0 Å². The van der Waals surface area contributed by atoms with Gasteiger partial charge >= 0.3 is 0 Å². The second kappa shape index (κ2) is 8.59. The Morgan fingerprint density at radius 1 is 1.04 bits per heavy atom. The van der Waals surface area contributed by atoms with Crippen molar-refractivity contribution in [1.29, 1.82) is 5.41 Å². The van der Waals surface area contributed by atoms with Crippen molar-refractivity contribution < 1.29 is 0 Å². The smallest absolute Gasteiger partial charge is 0.0529 e. The number of piperidine rings is 1. The normalized spacial score (nSPS) is 17.9. The number of anilines is 1. The van der Waals surface area contributed by atoms with Crippen molar-refractivity contribution in [2.24, 2.45) is 0 Å². The van der Waals surface area contributed by atoms with E-state index in [1.807, 2.05) is 29.3 Å². The number of thiophene rings is 1. The fourth-order valence-corrected chi connectivity index (χ4v) is 5.64. The van der Waals surface area contributed by atoms with Gasteiger partial charge in [-0.1, -0.05) is 18.6 Å². The molecule has 1 N–H and O–H groups in total. The van der Waals surface area contributed by atoms with E-state index < -0.39 is 0 Å². The minimum absolute atomic E-state index is 0.724. The van der Waals surface area contributed by atoms with Gasteiger partial charge in [-0.25, -0.2) is 0 Å². The molecule has 2 aromatic rings. The number of likely N-dealkylation sites (tertiary alicyclic amines) is 1. The highest BCUT2D eigenvalue weighted by molar-refractivity contribution is 7.99. The summed E-state index contributed by atoms with van der Waals surface area (Å²) >= 11 is 3.63. The van der Waals surface area contributed by atoms with Crippen molar-refractivity contribution >= 4 is 34.5 Å². The van der Waals surface area contributed by atoms with Crippen molar-refractivity contribution in [2.45, 2.75) is 30.6 Å². The third-order valence-electron chi connectivity index (χ3n) is 5.32. The van der Waals surface area contributed by atoms with Crippen LogP contribution in [0.4, 0.5) is 5.69 Å². The Morgan fingerprint density at radius 3 is 2.73 bits per heavy atom. The first-order valence-electron chi connectivity index (χ1n) is 9.64. The molecule has 0 saturated carbocycles. The van der Waals surface area contributed by atoms with Gasteiger partial charge in [0.05, 0.1) is 11.4 Å². The molecule has 0 unspecified atom stereocenters. The molecule has 1 fully saturated rings. The van der Waals surface area contributed by atoms with Crippen LogP contribution < -0.4 is 4.90 Å². The molecule has 1 saturated heterocycles. The summed E-state index contributed by atoms with van der Waals surface area (Å²) in [6.07, 6.45) is 4.86. The highest BCUT2D eigenvalue weighted by Gasteiger charge is 2.19. The number of nitrogens with zero attached hydrogens (tertiary/aromatic N) is 2. The van der Waals surface area contributed by atoms with Gasteiger partial charge in [-0.15, -0.1) is 23.1 Å². The fraction of sp³-hybridized carbons (Fsp3) is 0.476. The van der Waals surface area contributed by atoms with Crippen LogP contribution >= 0.6 is 23.1 Å². The van der Waals surface area contributed by atoms with Crippen LogP contribution in [0.3, 0.4) is 0 Å². The standard InChI is InChI=1S/C21H27N3S2/c22-18(20-5-4-13-25-20)15-17-6-7-19-21(16-17)26-14-12-24(19)11-10-23-8-2-1-3-9-23/h4-7,13,16,22H,1-3,8-12,14-15H2. The van der Waals surface area contributed by atoms with Gasteiger partial charge in [-0.3, -0.25) is 0 Å². The summed E-state index contributed by atoms with van der Waals surface area (Å²) in [6.45, 7) is 6.03. The van der Waals surface area contributed by atoms with Crippen LogP contribution in [0, 0.1) is 5.41 Å².